The highest BCUT2D eigenvalue weighted by atomic mass is 16.6. The molecular formula is C15H32N4O2. The van der Waals surface area contributed by atoms with E-state index >= 15 is 0 Å². The average molecular weight is 300 g/mol. The van der Waals surface area contributed by atoms with E-state index in [1.165, 1.54) is 0 Å². The van der Waals surface area contributed by atoms with Gasteiger partial charge in [0, 0.05) is 6.54 Å². The molecule has 0 heterocycles. The van der Waals surface area contributed by atoms with Crippen LogP contribution < -0.4 is 16.4 Å². The van der Waals surface area contributed by atoms with Gasteiger partial charge < -0.3 is 21.1 Å². The Kier molecular flexibility index (Phi) is 8.81. The van der Waals surface area contributed by atoms with Crippen molar-refractivity contribution in [1.82, 2.24) is 10.6 Å². The lowest BCUT2D eigenvalue weighted by atomic mass is 10.1. The van der Waals surface area contributed by atoms with E-state index in [1.54, 1.807) is 0 Å². The number of unbranched alkanes of at least 4 members (excludes halogenated alkanes) is 1. The number of carbonyl (C=O) groups is 1. The average Bonchev–Trinajstić information content (AvgIpc) is 2.32. The molecule has 0 rings (SSSR count). The Balaban J connectivity index is 4.37. The maximum Gasteiger partial charge on any atom is 0.407 e. The maximum atomic E-state index is 11.8. The van der Waals surface area contributed by atoms with Gasteiger partial charge in [0.25, 0.3) is 0 Å². The van der Waals surface area contributed by atoms with Crippen molar-refractivity contribution < 1.29 is 9.53 Å². The van der Waals surface area contributed by atoms with E-state index in [0.29, 0.717) is 12.5 Å². The molecule has 1 amide bonds. The Morgan fingerprint density at radius 2 is 1.95 bits per heavy atom. The third kappa shape index (κ3) is 10.9. The molecular weight excluding hydrogens is 268 g/mol. The number of aliphatic imine (C=N–C) groups is 1. The molecule has 6 heteroatoms. The zero-order valence-electron chi connectivity index (χ0n) is 14.3. The van der Waals surface area contributed by atoms with E-state index in [0.717, 1.165) is 19.4 Å². The highest BCUT2D eigenvalue weighted by molar-refractivity contribution is 5.77. The largest absolute Gasteiger partial charge is 0.444 e. The number of ether oxygens (including phenoxy) is 1. The van der Waals surface area contributed by atoms with Gasteiger partial charge in [0.2, 0.25) is 0 Å². The second kappa shape index (κ2) is 9.47. The molecule has 0 aliphatic heterocycles. The number of rotatable bonds is 7. The second-order valence-corrected chi connectivity index (χ2v) is 6.50. The number of carbonyl (C=O) groups excluding carboxylic acids is 1. The minimum atomic E-state index is -0.504. The Morgan fingerprint density at radius 1 is 1.33 bits per heavy atom. The van der Waals surface area contributed by atoms with Gasteiger partial charge in [-0.15, -0.1) is 0 Å². The number of hydrogen-bond donors (Lipinski definition) is 3. The van der Waals surface area contributed by atoms with Gasteiger partial charge in [-0.2, -0.15) is 0 Å². The number of nitrogens with two attached hydrogens (primary N) is 1. The minimum Gasteiger partial charge on any atom is -0.444 e. The van der Waals surface area contributed by atoms with Crippen LogP contribution in [-0.4, -0.2) is 36.8 Å². The number of nitrogens with zero attached hydrogens (tertiary/aromatic N) is 1. The lowest BCUT2D eigenvalue weighted by Crippen LogP contribution is -2.44. The Labute approximate surface area is 128 Å². The normalized spacial score (nSPS) is 14.0. The van der Waals surface area contributed by atoms with Crippen LogP contribution in [0.2, 0.25) is 0 Å². The molecule has 0 aliphatic carbocycles. The first kappa shape index (κ1) is 19.5. The molecule has 1 atom stereocenters. The van der Waals surface area contributed by atoms with Crippen molar-refractivity contribution in [2.24, 2.45) is 16.6 Å². The Hall–Kier alpha value is -1.46. The molecule has 0 radical (unpaired) electrons. The zero-order valence-corrected chi connectivity index (χ0v) is 14.3. The molecule has 0 fully saturated rings. The third-order valence-electron chi connectivity index (χ3n) is 2.80. The number of guanidine groups is 1. The molecule has 124 valence electrons. The first-order chi connectivity index (χ1) is 9.65. The van der Waals surface area contributed by atoms with Crippen LogP contribution in [0.15, 0.2) is 4.99 Å². The molecule has 0 bridgehead atoms. The topological polar surface area (TPSA) is 88.7 Å². The number of nitrogens with one attached hydrogen (secondary N) is 2. The fourth-order valence-electron chi connectivity index (χ4n) is 1.53. The van der Waals surface area contributed by atoms with Crippen LogP contribution in [-0.2, 0) is 4.74 Å². The molecule has 0 spiro atoms. The summed E-state index contributed by atoms with van der Waals surface area (Å²) in [6, 6.07) is -0.105. The van der Waals surface area contributed by atoms with Crippen LogP contribution >= 0.6 is 0 Å². The molecule has 6 nitrogen and oxygen atoms in total. The van der Waals surface area contributed by atoms with E-state index in [2.05, 4.69) is 22.5 Å². The summed E-state index contributed by atoms with van der Waals surface area (Å²) in [5.41, 5.74) is 5.29. The summed E-state index contributed by atoms with van der Waals surface area (Å²) in [7, 11) is 0. The lowest BCUT2D eigenvalue weighted by molar-refractivity contribution is 0.0493. The second-order valence-electron chi connectivity index (χ2n) is 6.50. The molecule has 21 heavy (non-hydrogen) atoms. The van der Waals surface area contributed by atoms with Gasteiger partial charge >= 0.3 is 6.09 Å². The van der Waals surface area contributed by atoms with Gasteiger partial charge in [-0.05, 0) is 33.1 Å². The molecule has 4 N–H and O–H groups in total. The van der Waals surface area contributed by atoms with Crippen LogP contribution in [0.25, 0.3) is 0 Å². The third-order valence-corrected chi connectivity index (χ3v) is 2.80. The molecule has 0 aromatic rings. The van der Waals surface area contributed by atoms with Gasteiger partial charge in [-0.25, -0.2) is 4.79 Å². The zero-order chi connectivity index (χ0) is 16.5. The van der Waals surface area contributed by atoms with Crippen LogP contribution in [0, 0.1) is 5.92 Å². The SMILES string of the molecule is CCCCNC(N)=NCC(NC(=O)OC(C)(C)C)C(C)C. The Bertz CT molecular complexity index is 335. The van der Waals surface area contributed by atoms with Crippen LogP contribution in [0.3, 0.4) is 0 Å². The van der Waals surface area contributed by atoms with Crippen LogP contribution in [0.1, 0.15) is 54.4 Å². The van der Waals surface area contributed by atoms with Crippen molar-refractivity contribution in [1.29, 1.82) is 0 Å². The summed E-state index contributed by atoms with van der Waals surface area (Å²) in [5, 5.41) is 5.90. The predicted molar refractivity (Wildman–Crippen MR) is 87.4 cm³/mol. The number of amides is 1. The monoisotopic (exact) mass is 300 g/mol. The van der Waals surface area contributed by atoms with Gasteiger partial charge in [0.1, 0.15) is 5.60 Å². The van der Waals surface area contributed by atoms with Crippen molar-refractivity contribution in [2.75, 3.05) is 13.1 Å². The molecule has 0 saturated carbocycles. The van der Waals surface area contributed by atoms with E-state index < -0.39 is 11.7 Å². The smallest absolute Gasteiger partial charge is 0.407 e. The number of hydrogen-bond acceptors (Lipinski definition) is 3. The van der Waals surface area contributed by atoms with Crippen molar-refractivity contribution in [3.8, 4) is 0 Å². The fraction of sp³-hybridized carbons (Fsp3) is 0.867. The van der Waals surface area contributed by atoms with E-state index in [1.807, 2.05) is 34.6 Å². The minimum absolute atomic E-state index is 0.105. The summed E-state index contributed by atoms with van der Waals surface area (Å²) in [4.78, 5) is 16.1. The molecule has 0 saturated heterocycles. The standard InChI is InChI=1S/C15H32N4O2/c1-7-8-9-17-13(16)18-10-12(11(2)3)19-14(20)21-15(4,5)6/h11-12H,7-10H2,1-6H3,(H,19,20)(H3,16,17,18). The fourth-order valence-corrected chi connectivity index (χ4v) is 1.53. The van der Waals surface area contributed by atoms with Crippen molar-refractivity contribution >= 4 is 12.1 Å². The van der Waals surface area contributed by atoms with E-state index in [9.17, 15) is 4.79 Å². The van der Waals surface area contributed by atoms with Crippen LogP contribution in [0.5, 0.6) is 0 Å². The summed E-state index contributed by atoms with van der Waals surface area (Å²) in [6.45, 7) is 12.9. The summed E-state index contributed by atoms with van der Waals surface area (Å²) in [5.74, 6) is 0.657. The summed E-state index contributed by atoms with van der Waals surface area (Å²) < 4.78 is 5.26. The molecule has 0 aromatic heterocycles. The molecule has 0 aliphatic rings. The van der Waals surface area contributed by atoms with E-state index in [4.69, 9.17) is 10.5 Å². The quantitative estimate of drug-likeness (QED) is 0.382. The van der Waals surface area contributed by atoms with Gasteiger partial charge in [-0.1, -0.05) is 27.2 Å². The van der Waals surface area contributed by atoms with Crippen LogP contribution in [0.4, 0.5) is 4.79 Å². The summed E-state index contributed by atoms with van der Waals surface area (Å²) in [6.07, 6.45) is 1.74. The Morgan fingerprint density at radius 3 is 2.43 bits per heavy atom. The maximum absolute atomic E-state index is 11.8. The van der Waals surface area contributed by atoms with Crippen molar-refractivity contribution in [3.63, 3.8) is 0 Å². The molecule has 1 unspecified atom stereocenters. The predicted octanol–water partition coefficient (Wildman–Crippen LogP) is 2.24. The first-order valence-electron chi connectivity index (χ1n) is 7.69. The summed E-state index contributed by atoms with van der Waals surface area (Å²) >= 11 is 0. The number of alkyl carbamates (subject to hydrolysis) is 1. The van der Waals surface area contributed by atoms with E-state index in [-0.39, 0.29) is 12.0 Å². The van der Waals surface area contributed by atoms with Crippen molar-refractivity contribution in [2.45, 2.75) is 66.0 Å². The van der Waals surface area contributed by atoms with Gasteiger partial charge in [0.05, 0.1) is 12.6 Å². The molecule has 0 aromatic carbocycles. The van der Waals surface area contributed by atoms with Crippen molar-refractivity contribution in [3.05, 3.63) is 0 Å². The highest BCUT2D eigenvalue weighted by Gasteiger charge is 2.21. The lowest BCUT2D eigenvalue weighted by Gasteiger charge is -2.25. The van der Waals surface area contributed by atoms with Gasteiger partial charge in [-0.3, -0.25) is 4.99 Å². The highest BCUT2D eigenvalue weighted by Crippen LogP contribution is 2.08. The van der Waals surface area contributed by atoms with Gasteiger partial charge in [0.15, 0.2) is 5.96 Å². The first-order valence-corrected chi connectivity index (χ1v) is 7.69.